The first-order valence-electron chi connectivity index (χ1n) is 12.6. The van der Waals surface area contributed by atoms with Crippen LogP contribution in [0.15, 0.2) is 91.3 Å². The predicted octanol–water partition coefficient (Wildman–Crippen LogP) is 4.52. The number of aromatic nitrogens is 2. The van der Waals surface area contributed by atoms with Crippen LogP contribution in [0.5, 0.6) is 5.75 Å². The molecule has 1 aromatic heterocycles. The largest absolute Gasteiger partial charge is 0.489 e. The number of aryl methyl sites for hydroxylation is 1. The summed E-state index contributed by atoms with van der Waals surface area (Å²) >= 11 is 0. The van der Waals surface area contributed by atoms with Crippen molar-refractivity contribution in [2.45, 2.75) is 43.9 Å². The predicted molar refractivity (Wildman–Crippen MR) is 139 cm³/mol. The van der Waals surface area contributed by atoms with E-state index >= 15 is 0 Å². The average molecular weight is 493 g/mol. The van der Waals surface area contributed by atoms with Crippen LogP contribution in [0.4, 0.5) is 0 Å². The molecule has 1 saturated carbocycles. The third kappa shape index (κ3) is 4.72. The number of amides is 2. The quantitative estimate of drug-likeness (QED) is 0.397. The number of carbonyl (C=O) groups excluding carboxylic acids is 2. The molecule has 0 unspecified atom stereocenters. The van der Waals surface area contributed by atoms with E-state index in [9.17, 15) is 9.59 Å². The fourth-order valence-corrected chi connectivity index (χ4v) is 4.86. The third-order valence-corrected chi connectivity index (χ3v) is 7.14. The Morgan fingerprint density at radius 3 is 2.51 bits per heavy atom. The van der Waals surface area contributed by atoms with E-state index in [1.54, 1.807) is 30.5 Å². The van der Waals surface area contributed by atoms with Gasteiger partial charge in [-0.3, -0.25) is 9.59 Å². The van der Waals surface area contributed by atoms with Gasteiger partial charge in [-0.15, -0.1) is 0 Å². The minimum atomic E-state index is -0.879. The van der Waals surface area contributed by atoms with Gasteiger partial charge in [0.15, 0.2) is 0 Å². The fourth-order valence-electron chi connectivity index (χ4n) is 4.86. The molecule has 1 fully saturated rings. The molecule has 1 aliphatic heterocycles. The molecule has 0 radical (unpaired) electrons. The Morgan fingerprint density at radius 2 is 1.73 bits per heavy atom. The van der Waals surface area contributed by atoms with Crippen LogP contribution in [0.3, 0.4) is 0 Å². The number of para-hydroxylation sites is 1. The lowest BCUT2D eigenvalue weighted by Gasteiger charge is -2.22. The molecule has 186 valence electrons. The molecule has 0 saturated heterocycles. The molecular weight excluding hydrogens is 464 g/mol. The van der Waals surface area contributed by atoms with E-state index in [1.807, 2.05) is 53.2 Å². The smallest absolute Gasteiger partial charge is 0.252 e. The minimum absolute atomic E-state index is 0.158. The van der Waals surface area contributed by atoms with Crippen molar-refractivity contribution in [1.29, 1.82) is 0 Å². The lowest BCUT2D eigenvalue weighted by Crippen LogP contribution is -2.50. The van der Waals surface area contributed by atoms with Gasteiger partial charge >= 0.3 is 0 Å². The first-order valence-corrected chi connectivity index (χ1v) is 12.6. The van der Waals surface area contributed by atoms with Gasteiger partial charge in [0.2, 0.25) is 5.91 Å². The van der Waals surface area contributed by atoms with Crippen LogP contribution in [-0.4, -0.2) is 26.9 Å². The first-order chi connectivity index (χ1) is 18.1. The lowest BCUT2D eigenvalue weighted by molar-refractivity contribution is -0.124. The zero-order valence-corrected chi connectivity index (χ0v) is 20.4. The molecule has 2 amide bonds. The van der Waals surface area contributed by atoms with Crippen molar-refractivity contribution in [3.05, 3.63) is 114 Å². The van der Waals surface area contributed by atoms with Crippen molar-refractivity contribution in [1.82, 2.24) is 20.2 Å². The zero-order valence-electron chi connectivity index (χ0n) is 20.4. The molecule has 1 aliphatic carbocycles. The van der Waals surface area contributed by atoms with E-state index in [-0.39, 0.29) is 17.9 Å². The average Bonchev–Trinajstić information content (AvgIpc) is 3.59. The minimum Gasteiger partial charge on any atom is -0.489 e. The van der Waals surface area contributed by atoms with E-state index in [4.69, 9.17) is 4.74 Å². The summed E-state index contributed by atoms with van der Waals surface area (Å²) in [5.41, 5.74) is 3.01. The van der Waals surface area contributed by atoms with E-state index in [0.717, 1.165) is 29.9 Å². The Bertz CT molecular complexity index is 1420. The van der Waals surface area contributed by atoms with Crippen molar-refractivity contribution in [2.24, 2.45) is 0 Å². The van der Waals surface area contributed by atoms with Gasteiger partial charge in [0.05, 0.1) is 6.04 Å². The van der Waals surface area contributed by atoms with Gasteiger partial charge in [0.25, 0.3) is 5.91 Å². The second kappa shape index (κ2) is 9.58. The second-order valence-corrected chi connectivity index (χ2v) is 9.68. The first kappa shape index (κ1) is 23.0. The van der Waals surface area contributed by atoms with Crippen molar-refractivity contribution < 1.29 is 14.3 Å². The van der Waals surface area contributed by atoms with Crippen LogP contribution in [-0.2, 0) is 17.8 Å². The Balaban J connectivity index is 1.09. The van der Waals surface area contributed by atoms with Crippen molar-refractivity contribution >= 4 is 11.8 Å². The molecule has 1 atom stereocenters. The molecule has 37 heavy (non-hydrogen) atoms. The summed E-state index contributed by atoms with van der Waals surface area (Å²) in [6.45, 7) is 0.458. The molecule has 7 heteroatoms. The number of rotatable bonds is 7. The lowest BCUT2D eigenvalue weighted by atomic mass is 10.0. The van der Waals surface area contributed by atoms with Crippen LogP contribution in [0, 0.1) is 0 Å². The highest BCUT2D eigenvalue weighted by atomic mass is 16.5. The van der Waals surface area contributed by atoms with Gasteiger partial charge in [-0.1, -0.05) is 48.5 Å². The number of benzene rings is 3. The molecule has 7 nitrogen and oxygen atoms in total. The van der Waals surface area contributed by atoms with Gasteiger partial charge < -0.3 is 19.9 Å². The molecule has 0 bridgehead atoms. The number of nitrogens with zero attached hydrogens (tertiary/aromatic N) is 2. The summed E-state index contributed by atoms with van der Waals surface area (Å²) in [7, 11) is 0. The summed E-state index contributed by atoms with van der Waals surface area (Å²) in [6.07, 6.45) is 6.50. The maximum Gasteiger partial charge on any atom is 0.252 e. The Morgan fingerprint density at radius 1 is 0.973 bits per heavy atom. The normalized spacial score (nSPS) is 17.0. The van der Waals surface area contributed by atoms with Crippen LogP contribution in [0.1, 0.15) is 52.6 Å². The van der Waals surface area contributed by atoms with Gasteiger partial charge in [0, 0.05) is 23.6 Å². The molecule has 0 spiro atoms. The third-order valence-electron chi connectivity index (χ3n) is 7.14. The zero-order chi connectivity index (χ0) is 25.2. The molecule has 6 rings (SSSR count). The van der Waals surface area contributed by atoms with E-state index < -0.39 is 5.54 Å². The molecule has 2 N–H and O–H groups in total. The van der Waals surface area contributed by atoms with Crippen LogP contribution < -0.4 is 15.4 Å². The van der Waals surface area contributed by atoms with Crippen LogP contribution >= 0.6 is 0 Å². The maximum atomic E-state index is 13.4. The van der Waals surface area contributed by atoms with Gasteiger partial charge in [0.1, 0.15) is 23.7 Å². The van der Waals surface area contributed by atoms with Crippen molar-refractivity contribution in [3.8, 4) is 11.4 Å². The van der Waals surface area contributed by atoms with Crippen LogP contribution in [0.25, 0.3) is 5.69 Å². The molecular formula is C30H28N4O3. The SMILES string of the molecule is O=C(NC1(C(=O)N[C@@H]2CCc3ccccc3-n3ccnc32)CC1)c1ccc(OCc2ccccc2)cc1. The Kier molecular flexibility index (Phi) is 5.96. The number of hydrogen-bond donors (Lipinski definition) is 2. The van der Waals surface area contributed by atoms with Crippen molar-refractivity contribution in [3.63, 3.8) is 0 Å². The van der Waals surface area contributed by atoms with Gasteiger partial charge in [-0.05, 0) is 67.1 Å². The monoisotopic (exact) mass is 492 g/mol. The van der Waals surface area contributed by atoms with E-state index in [0.29, 0.717) is 30.8 Å². The Labute approximate surface area is 215 Å². The highest BCUT2D eigenvalue weighted by Gasteiger charge is 2.52. The number of hydrogen-bond acceptors (Lipinski definition) is 4. The second-order valence-electron chi connectivity index (χ2n) is 9.68. The molecule has 4 aromatic rings. The number of ether oxygens (including phenoxy) is 1. The fraction of sp³-hybridized carbons (Fsp3) is 0.233. The summed E-state index contributed by atoms with van der Waals surface area (Å²) in [5, 5.41) is 6.16. The van der Waals surface area contributed by atoms with Crippen LogP contribution in [0.2, 0.25) is 0 Å². The number of imidazole rings is 1. The summed E-state index contributed by atoms with van der Waals surface area (Å²) < 4.78 is 7.86. The number of carbonyl (C=O) groups is 2. The summed E-state index contributed by atoms with van der Waals surface area (Å²) in [6, 6.07) is 24.9. The summed E-state index contributed by atoms with van der Waals surface area (Å²) in [4.78, 5) is 30.9. The standard InChI is InChI=1S/C30H28N4O3/c35-28(23-10-13-24(14-11-23)37-20-21-6-2-1-3-7-21)33-30(16-17-30)29(36)32-25-15-12-22-8-4-5-9-26(22)34-19-18-31-27(25)34/h1-11,13-14,18-19,25H,12,15-17,20H2,(H,32,36)(H,33,35)/t25-/m1/s1. The number of fused-ring (bicyclic) bond motifs is 3. The maximum absolute atomic E-state index is 13.4. The number of nitrogens with one attached hydrogen (secondary N) is 2. The Hall–Kier alpha value is -4.39. The van der Waals surface area contributed by atoms with E-state index in [1.165, 1.54) is 5.56 Å². The highest BCUT2D eigenvalue weighted by Crippen LogP contribution is 2.37. The van der Waals surface area contributed by atoms with Gasteiger partial charge in [-0.25, -0.2) is 4.98 Å². The summed E-state index contributed by atoms with van der Waals surface area (Å²) in [5.74, 6) is 1.07. The molecule has 3 aromatic carbocycles. The molecule has 2 heterocycles. The van der Waals surface area contributed by atoms with Gasteiger partial charge in [-0.2, -0.15) is 0 Å². The molecule has 2 aliphatic rings. The topological polar surface area (TPSA) is 85.3 Å². The van der Waals surface area contributed by atoms with E-state index in [2.05, 4.69) is 27.8 Å². The highest BCUT2D eigenvalue weighted by molar-refractivity contribution is 6.00. The van der Waals surface area contributed by atoms with Crippen molar-refractivity contribution in [2.75, 3.05) is 0 Å².